The van der Waals surface area contributed by atoms with Gasteiger partial charge in [0, 0.05) is 25.8 Å². The number of benzene rings is 1. The van der Waals surface area contributed by atoms with E-state index in [9.17, 15) is 4.79 Å². The summed E-state index contributed by atoms with van der Waals surface area (Å²) in [7, 11) is 3.85. The van der Waals surface area contributed by atoms with Gasteiger partial charge in [0.2, 0.25) is 5.88 Å². The molecule has 1 amide bonds. The number of nitrogens with zero attached hydrogens (tertiary/aromatic N) is 2. The number of carbonyl (C=O) groups excluding carboxylic acids is 1. The second-order valence-electron chi connectivity index (χ2n) is 4.48. The molecule has 0 aliphatic rings. The maximum Gasteiger partial charge on any atom is 0.254 e. The molecule has 2 rings (SSSR count). The monoisotopic (exact) mass is 272 g/mol. The van der Waals surface area contributed by atoms with Crippen LogP contribution in [0.5, 0.6) is 11.6 Å². The SMILES string of the molecule is CN(C)c1cccc(Oc2ncc(N)cc2C(N)=O)c1. The molecule has 1 aromatic heterocycles. The Morgan fingerprint density at radius 3 is 2.70 bits per heavy atom. The van der Waals surface area contributed by atoms with E-state index >= 15 is 0 Å². The lowest BCUT2D eigenvalue weighted by Crippen LogP contribution is -2.13. The van der Waals surface area contributed by atoms with Gasteiger partial charge in [-0.25, -0.2) is 4.98 Å². The van der Waals surface area contributed by atoms with Crippen LogP contribution in [0.2, 0.25) is 0 Å². The molecule has 0 spiro atoms. The number of aromatic nitrogens is 1. The minimum atomic E-state index is -0.636. The molecule has 1 heterocycles. The van der Waals surface area contributed by atoms with Crippen molar-refractivity contribution in [1.29, 1.82) is 0 Å². The standard InChI is InChI=1S/C14H16N4O2/c1-18(2)10-4-3-5-11(7-10)20-14-12(13(16)19)6-9(15)8-17-14/h3-8H,15H2,1-2H3,(H2,16,19). The summed E-state index contributed by atoms with van der Waals surface area (Å²) in [5.41, 5.74) is 12.4. The van der Waals surface area contributed by atoms with E-state index in [2.05, 4.69) is 4.98 Å². The topological polar surface area (TPSA) is 94.5 Å². The van der Waals surface area contributed by atoms with Gasteiger partial charge >= 0.3 is 0 Å². The number of anilines is 2. The highest BCUT2D eigenvalue weighted by Crippen LogP contribution is 2.27. The summed E-state index contributed by atoms with van der Waals surface area (Å²) in [5, 5.41) is 0. The van der Waals surface area contributed by atoms with E-state index in [1.165, 1.54) is 12.3 Å². The van der Waals surface area contributed by atoms with Crippen molar-refractivity contribution < 1.29 is 9.53 Å². The Labute approximate surface area is 117 Å². The summed E-state index contributed by atoms with van der Waals surface area (Å²) in [6, 6.07) is 8.85. The lowest BCUT2D eigenvalue weighted by Gasteiger charge is -2.14. The Morgan fingerprint density at radius 2 is 2.05 bits per heavy atom. The lowest BCUT2D eigenvalue weighted by atomic mass is 10.2. The molecular formula is C14H16N4O2. The fourth-order valence-electron chi connectivity index (χ4n) is 1.66. The third-order valence-corrected chi connectivity index (χ3v) is 2.69. The normalized spacial score (nSPS) is 10.1. The van der Waals surface area contributed by atoms with E-state index in [-0.39, 0.29) is 11.4 Å². The number of primary amides is 1. The second kappa shape index (κ2) is 5.48. The molecule has 0 saturated heterocycles. The van der Waals surface area contributed by atoms with Crippen LogP contribution in [0.4, 0.5) is 11.4 Å². The number of rotatable bonds is 4. The molecule has 0 saturated carbocycles. The number of pyridine rings is 1. The van der Waals surface area contributed by atoms with E-state index in [4.69, 9.17) is 16.2 Å². The van der Waals surface area contributed by atoms with Gasteiger partial charge in [0.25, 0.3) is 5.91 Å². The molecule has 1 aromatic carbocycles. The number of carbonyl (C=O) groups is 1. The molecule has 0 unspecified atom stereocenters. The first-order valence-electron chi connectivity index (χ1n) is 5.98. The Bertz CT molecular complexity index is 641. The summed E-state index contributed by atoms with van der Waals surface area (Å²) in [6.07, 6.45) is 1.41. The highest BCUT2D eigenvalue weighted by Gasteiger charge is 2.13. The molecule has 2 aromatic rings. The second-order valence-corrected chi connectivity index (χ2v) is 4.48. The molecule has 20 heavy (non-hydrogen) atoms. The van der Waals surface area contributed by atoms with E-state index in [1.54, 1.807) is 6.07 Å². The third-order valence-electron chi connectivity index (χ3n) is 2.69. The smallest absolute Gasteiger partial charge is 0.254 e. The maximum absolute atomic E-state index is 11.4. The first-order valence-corrected chi connectivity index (χ1v) is 5.98. The molecule has 0 bridgehead atoms. The van der Waals surface area contributed by atoms with Crippen molar-refractivity contribution in [3.63, 3.8) is 0 Å². The highest BCUT2D eigenvalue weighted by molar-refractivity contribution is 5.95. The Kier molecular flexibility index (Phi) is 3.74. The Hall–Kier alpha value is -2.76. The molecule has 0 atom stereocenters. The molecule has 0 aliphatic heterocycles. The first-order chi connectivity index (χ1) is 9.47. The Morgan fingerprint density at radius 1 is 1.30 bits per heavy atom. The third kappa shape index (κ3) is 2.97. The number of hydrogen-bond acceptors (Lipinski definition) is 5. The van der Waals surface area contributed by atoms with Crippen molar-refractivity contribution in [3.05, 3.63) is 42.1 Å². The predicted molar refractivity (Wildman–Crippen MR) is 78.0 cm³/mol. The molecule has 4 N–H and O–H groups in total. The van der Waals surface area contributed by atoms with E-state index in [0.717, 1.165) is 5.69 Å². The molecule has 0 fully saturated rings. The van der Waals surface area contributed by atoms with E-state index in [1.807, 2.05) is 37.2 Å². The molecule has 104 valence electrons. The van der Waals surface area contributed by atoms with Crippen LogP contribution in [0.1, 0.15) is 10.4 Å². The van der Waals surface area contributed by atoms with Crippen molar-refractivity contribution in [1.82, 2.24) is 4.98 Å². The summed E-state index contributed by atoms with van der Waals surface area (Å²) < 4.78 is 5.62. The number of hydrogen-bond donors (Lipinski definition) is 2. The highest BCUT2D eigenvalue weighted by atomic mass is 16.5. The van der Waals surface area contributed by atoms with Crippen molar-refractivity contribution in [2.45, 2.75) is 0 Å². The predicted octanol–water partition coefficient (Wildman–Crippen LogP) is 1.62. The van der Waals surface area contributed by atoms with Gasteiger partial charge in [-0.2, -0.15) is 0 Å². The average molecular weight is 272 g/mol. The summed E-state index contributed by atoms with van der Waals surface area (Å²) in [6.45, 7) is 0. The fraction of sp³-hybridized carbons (Fsp3) is 0.143. The van der Waals surface area contributed by atoms with Crippen molar-refractivity contribution >= 4 is 17.3 Å². The zero-order chi connectivity index (χ0) is 14.7. The minimum Gasteiger partial charge on any atom is -0.438 e. The van der Waals surface area contributed by atoms with E-state index < -0.39 is 5.91 Å². The maximum atomic E-state index is 11.4. The van der Waals surface area contributed by atoms with Gasteiger partial charge < -0.3 is 21.1 Å². The van der Waals surface area contributed by atoms with Crippen LogP contribution < -0.4 is 21.1 Å². The summed E-state index contributed by atoms with van der Waals surface area (Å²) >= 11 is 0. The minimum absolute atomic E-state index is 0.141. The summed E-state index contributed by atoms with van der Waals surface area (Å²) in [5.74, 6) is 0.0714. The zero-order valence-corrected chi connectivity index (χ0v) is 11.3. The number of nitrogen functional groups attached to an aromatic ring is 1. The largest absolute Gasteiger partial charge is 0.438 e. The van der Waals surface area contributed by atoms with Crippen LogP contribution in [0.15, 0.2) is 36.5 Å². The van der Waals surface area contributed by atoms with Gasteiger partial charge in [-0.05, 0) is 18.2 Å². The van der Waals surface area contributed by atoms with Gasteiger partial charge in [-0.1, -0.05) is 6.07 Å². The van der Waals surface area contributed by atoms with Crippen molar-refractivity contribution in [2.24, 2.45) is 5.73 Å². The van der Waals surface area contributed by atoms with Gasteiger partial charge in [-0.15, -0.1) is 0 Å². The van der Waals surface area contributed by atoms with Crippen LogP contribution >= 0.6 is 0 Å². The van der Waals surface area contributed by atoms with Crippen LogP contribution in [-0.2, 0) is 0 Å². The fourth-order valence-corrected chi connectivity index (χ4v) is 1.66. The van der Waals surface area contributed by atoms with Crippen molar-refractivity contribution in [3.8, 4) is 11.6 Å². The van der Waals surface area contributed by atoms with Crippen LogP contribution in [0, 0.1) is 0 Å². The Balaban J connectivity index is 2.35. The zero-order valence-electron chi connectivity index (χ0n) is 11.3. The van der Waals surface area contributed by atoms with Crippen LogP contribution in [-0.4, -0.2) is 25.0 Å². The molecule has 0 radical (unpaired) electrons. The van der Waals surface area contributed by atoms with Gasteiger partial charge in [-0.3, -0.25) is 4.79 Å². The van der Waals surface area contributed by atoms with Crippen molar-refractivity contribution in [2.75, 3.05) is 24.7 Å². The average Bonchev–Trinajstić information content (AvgIpc) is 2.41. The number of amides is 1. The van der Waals surface area contributed by atoms with Crippen LogP contribution in [0.25, 0.3) is 0 Å². The molecule has 0 aliphatic carbocycles. The first kappa shape index (κ1) is 13.7. The molecular weight excluding hydrogens is 256 g/mol. The lowest BCUT2D eigenvalue weighted by molar-refractivity contribution is 0.0997. The number of nitrogens with two attached hydrogens (primary N) is 2. The van der Waals surface area contributed by atoms with Gasteiger partial charge in [0.05, 0.1) is 11.9 Å². The van der Waals surface area contributed by atoms with E-state index in [0.29, 0.717) is 11.4 Å². The van der Waals surface area contributed by atoms with Gasteiger partial charge in [0.15, 0.2) is 0 Å². The van der Waals surface area contributed by atoms with Crippen LogP contribution in [0.3, 0.4) is 0 Å². The molecule has 6 heteroatoms. The molecule has 6 nitrogen and oxygen atoms in total. The summed E-state index contributed by atoms with van der Waals surface area (Å²) in [4.78, 5) is 17.3. The quantitative estimate of drug-likeness (QED) is 0.882. The van der Waals surface area contributed by atoms with Gasteiger partial charge in [0.1, 0.15) is 11.3 Å². The number of ether oxygens (including phenoxy) is 1.